The Kier molecular flexibility index (Phi) is 7.30. The molecule has 0 saturated heterocycles. The average Bonchev–Trinajstić information content (AvgIpc) is 2.59. The zero-order valence-corrected chi connectivity index (χ0v) is 16.1. The molecular weight excluding hydrogens is 375 g/mol. The molecule has 0 fully saturated rings. The van der Waals surface area contributed by atoms with Gasteiger partial charge in [0.1, 0.15) is 5.75 Å². The number of nitrogens with one attached hydrogen (secondary N) is 1. The Morgan fingerprint density at radius 2 is 1.69 bits per heavy atom. The van der Waals surface area contributed by atoms with Gasteiger partial charge in [0.2, 0.25) is 11.8 Å². The molecule has 2 aromatic carbocycles. The molecular formula is C19H20Cl2N2O3. The number of nitrogens with zero attached hydrogens (tertiary/aromatic N) is 1. The predicted molar refractivity (Wildman–Crippen MR) is 105 cm³/mol. The molecule has 26 heavy (non-hydrogen) atoms. The van der Waals surface area contributed by atoms with Crippen LogP contribution in [-0.4, -0.2) is 25.0 Å². The molecule has 0 heterocycles. The predicted octanol–water partition coefficient (Wildman–Crippen LogP) is 4.77. The van der Waals surface area contributed by atoms with Crippen LogP contribution in [-0.2, 0) is 9.59 Å². The van der Waals surface area contributed by atoms with Crippen LogP contribution < -0.4 is 15.0 Å². The molecule has 0 spiro atoms. The van der Waals surface area contributed by atoms with E-state index in [-0.39, 0.29) is 24.8 Å². The molecule has 1 N–H and O–H groups in total. The van der Waals surface area contributed by atoms with Gasteiger partial charge in [-0.05, 0) is 43.3 Å². The van der Waals surface area contributed by atoms with E-state index in [1.165, 1.54) is 11.8 Å². The van der Waals surface area contributed by atoms with Crippen molar-refractivity contribution in [3.63, 3.8) is 0 Å². The molecule has 0 aliphatic rings. The molecule has 0 aliphatic heterocycles. The van der Waals surface area contributed by atoms with Crippen LogP contribution in [0.2, 0.25) is 10.0 Å². The Morgan fingerprint density at radius 3 is 2.23 bits per heavy atom. The summed E-state index contributed by atoms with van der Waals surface area (Å²) >= 11 is 12.3. The largest absolute Gasteiger partial charge is 0.494 e. The van der Waals surface area contributed by atoms with Gasteiger partial charge in [0.15, 0.2) is 0 Å². The lowest BCUT2D eigenvalue weighted by Crippen LogP contribution is -2.32. The molecule has 2 amide bonds. The van der Waals surface area contributed by atoms with E-state index in [0.717, 1.165) is 5.75 Å². The molecule has 2 rings (SSSR count). The van der Waals surface area contributed by atoms with Gasteiger partial charge in [0, 0.05) is 25.6 Å². The van der Waals surface area contributed by atoms with Crippen molar-refractivity contribution in [1.82, 2.24) is 0 Å². The molecule has 0 aromatic heterocycles. The number of carbonyl (C=O) groups is 2. The van der Waals surface area contributed by atoms with E-state index in [9.17, 15) is 9.59 Å². The van der Waals surface area contributed by atoms with E-state index in [1.54, 1.807) is 42.5 Å². The molecule has 0 atom stereocenters. The Labute approximate surface area is 162 Å². The first-order chi connectivity index (χ1) is 12.4. The highest BCUT2D eigenvalue weighted by atomic mass is 35.5. The van der Waals surface area contributed by atoms with Crippen LogP contribution in [0.25, 0.3) is 0 Å². The normalized spacial score (nSPS) is 10.3. The fraction of sp³-hybridized carbons (Fsp3) is 0.263. The third-order valence-corrected chi connectivity index (χ3v) is 4.21. The summed E-state index contributed by atoms with van der Waals surface area (Å²) in [6, 6.07) is 12.1. The highest BCUT2D eigenvalue weighted by molar-refractivity contribution is 6.39. The number of para-hydroxylation sites is 1. The summed E-state index contributed by atoms with van der Waals surface area (Å²) in [5.74, 6) is 0.277. The van der Waals surface area contributed by atoms with Gasteiger partial charge >= 0.3 is 0 Å². The van der Waals surface area contributed by atoms with Crippen LogP contribution in [0.1, 0.15) is 20.3 Å². The van der Waals surface area contributed by atoms with Crippen LogP contribution in [0, 0.1) is 0 Å². The highest BCUT2D eigenvalue weighted by Gasteiger charge is 2.19. The molecule has 0 saturated carbocycles. The minimum absolute atomic E-state index is 0.105. The van der Waals surface area contributed by atoms with Crippen molar-refractivity contribution >= 4 is 46.4 Å². The zero-order chi connectivity index (χ0) is 19.1. The van der Waals surface area contributed by atoms with Gasteiger partial charge in [0.05, 0.1) is 22.3 Å². The second kappa shape index (κ2) is 9.46. The maximum absolute atomic E-state index is 12.2. The summed E-state index contributed by atoms with van der Waals surface area (Å²) in [6.07, 6.45) is 0.105. The first-order valence-corrected chi connectivity index (χ1v) is 8.92. The van der Waals surface area contributed by atoms with E-state index in [0.29, 0.717) is 28.0 Å². The standard InChI is InChI=1S/C19H20Cl2N2O3/c1-3-26-15-9-7-14(8-10-15)22-18(25)11-12-23(13(2)24)19-16(20)5-4-6-17(19)21/h4-10H,3,11-12H2,1-2H3,(H,22,25). The Balaban J connectivity index is 2.00. The number of benzene rings is 2. The van der Waals surface area contributed by atoms with Crippen molar-refractivity contribution in [2.45, 2.75) is 20.3 Å². The summed E-state index contributed by atoms with van der Waals surface area (Å²) in [6.45, 7) is 4.06. The number of amides is 2. The fourth-order valence-corrected chi connectivity index (χ4v) is 3.01. The van der Waals surface area contributed by atoms with Crippen molar-refractivity contribution in [2.24, 2.45) is 0 Å². The number of rotatable bonds is 7. The summed E-state index contributed by atoms with van der Waals surface area (Å²) < 4.78 is 5.36. The SMILES string of the molecule is CCOc1ccc(NC(=O)CCN(C(C)=O)c2c(Cl)cccc2Cl)cc1. The van der Waals surface area contributed by atoms with E-state index >= 15 is 0 Å². The van der Waals surface area contributed by atoms with Crippen LogP contribution in [0.3, 0.4) is 0 Å². The average molecular weight is 395 g/mol. The minimum atomic E-state index is -0.242. The minimum Gasteiger partial charge on any atom is -0.494 e. The maximum atomic E-state index is 12.2. The number of carbonyl (C=O) groups excluding carboxylic acids is 2. The molecule has 0 bridgehead atoms. The van der Waals surface area contributed by atoms with Gasteiger partial charge in [0.25, 0.3) is 0 Å². The van der Waals surface area contributed by atoms with Crippen molar-refractivity contribution < 1.29 is 14.3 Å². The second-order valence-corrected chi connectivity index (χ2v) is 6.31. The Hall–Kier alpha value is -2.24. The zero-order valence-electron chi connectivity index (χ0n) is 14.6. The van der Waals surface area contributed by atoms with E-state index in [1.807, 2.05) is 6.92 Å². The highest BCUT2D eigenvalue weighted by Crippen LogP contribution is 2.33. The number of anilines is 2. The number of ether oxygens (including phenoxy) is 1. The fourth-order valence-electron chi connectivity index (χ4n) is 2.41. The molecule has 7 heteroatoms. The second-order valence-electron chi connectivity index (χ2n) is 5.50. The molecule has 0 aliphatic carbocycles. The summed E-state index contributed by atoms with van der Waals surface area (Å²) in [7, 11) is 0. The van der Waals surface area contributed by atoms with Crippen LogP contribution in [0.4, 0.5) is 11.4 Å². The number of hydrogen-bond acceptors (Lipinski definition) is 3. The first kappa shape index (κ1) is 20.1. The van der Waals surface area contributed by atoms with Gasteiger partial charge in [-0.2, -0.15) is 0 Å². The van der Waals surface area contributed by atoms with E-state index in [2.05, 4.69) is 5.32 Å². The molecule has 0 unspecified atom stereocenters. The number of hydrogen-bond donors (Lipinski definition) is 1. The topological polar surface area (TPSA) is 58.6 Å². The lowest BCUT2D eigenvalue weighted by atomic mass is 10.2. The molecule has 0 radical (unpaired) electrons. The van der Waals surface area contributed by atoms with Crippen LogP contribution in [0.15, 0.2) is 42.5 Å². The van der Waals surface area contributed by atoms with E-state index in [4.69, 9.17) is 27.9 Å². The van der Waals surface area contributed by atoms with E-state index < -0.39 is 0 Å². The first-order valence-electron chi connectivity index (χ1n) is 8.17. The van der Waals surface area contributed by atoms with Crippen LogP contribution >= 0.6 is 23.2 Å². The van der Waals surface area contributed by atoms with Crippen molar-refractivity contribution in [3.05, 3.63) is 52.5 Å². The Bertz CT molecular complexity index is 759. The lowest BCUT2D eigenvalue weighted by molar-refractivity contribution is -0.117. The maximum Gasteiger partial charge on any atom is 0.226 e. The van der Waals surface area contributed by atoms with Gasteiger partial charge in [-0.25, -0.2) is 0 Å². The Morgan fingerprint density at radius 1 is 1.08 bits per heavy atom. The van der Waals surface area contributed by atoms with Crippen molar-refractivity contribution in [2.75, 3.05) is 23.4 Å². The van der Waals surface area contributed by atoms with Gasteiger partial charge < -0.3 is 15.0 Å². The van der Waals surface area contributed by atoms with Gasteiger partial charge in [-0.15, -0.1) is 0 Å². The summed E-state index contributed by atoms with van der Waals surface area (Å²) in [5.41, 5.74) is 1.07. The monoisotopic (exact) mass is 394 g/mol. The third-order valence-electron chi connectivity index (χ3n) is 3.60. The molecule has 5 nitrogen and oxygen atoms in total. The molecule has 2 aromatic rings. The van der Waals surface area contributed by atoms with Crippen molar-refractivity contribution in [3.8, 4) is 5.75 Å². The lowest BCUT2D eigenvalue weighted by Gasteiger charge is -2.23. The van der Waals surface area contributed by atoms with Gasteiger partial charge in [-0.3, -0.25) is 9.59 Å². The summed E-state index contributed by atoms with van der Waals surface area (Å²) in [4.78, 5) is 25.6. The smallest absolute Gasteiger partial charge is 0.226 e. The van der Waals surface area contributed by atoms with Crippen LogP contribution in [0.5, 0.6) is 5.75 Å². The quantitative estimate of drug-likeness (QED) is 0.735. The van der Waals surface area contributed by atoms with Crippen molar-refractivity contribution in [1.29, 1.82) is 0 Å². The number of halogens is 2. The summed E-state index contributed by atoms with van der Waals surface area (Å²) in [5, 5.41) is 3.51. The van der Waals surface area contributed by atoms with Gasteiger partial charge in [-0.1, -0.05) is 29.3 Å². The molecule has 138 valence electrons. The third kappa shape index (κ3) is 5.38.